The maximum atomic E-state index is 12.8. The average molecular weight is 347 g/mol. The van der Waals surface area contributed by atoms with E-state index >= 15 is 0 Å². The topological polar surface area (TPSA) is 33.2 Å². The Labute approximate surface area is 134 Å². The summed E-state index contributed by atoms with van der Waals surface area (Å²) in [5.41, 5.74) is 2.61. The number of aryl methyl sites for hydroxylation is 1. The molecule has 3 nitrogen and oxygen atoms in total. The molecule has 110 valence electrons. The smallest absolute Gasteiger partial charge is 0.254 e. The van der Waals surface area contributed by atoms with Crippen LogP contribution in [0.3, 0.4) is 0 Å². The van der Waals surface area contributed by atoms with Gasteiger partial charge in [-0.1, -0.05) is 28.1 Å². The monoisotopic (exact) mass is 346 g/mol. The van der Waals surface area contributed by atoms with Crippen molar-refractivity contribution in [2.75, 3.05) is 0 Å². The first-order chi connectivity index (χ1) is 9.99. The van der Waals surface area contributed by atoms with Gasteiger partial charge in [-0.05, 0) is 50.6 Å². The molecular formula is C17H19BrN2O. The summed E-state index contributed by atoms with van der Waals surface area (Å²) in [6.45, 7) is 6.52. The standard InChI is InChI=1S/C17H19BrN2O/c1-12(2)20(11-15-6-4-5-9-19-15)17(21)16-10-14(18)8-7-13(16)3/h4-10,12H,11H2,1-3H3. The molecule has 4 heteroatoms. The van der Waals surface area contributed by atoms with E-state index in [1.165, 1.54) is 0 Å². The first-order valence-corrected chi connectivity index (χ1v) is 7.75. The lowest BCUT2D eigenvalue weighted by molar-refractivity contribution is 0.0687. The summed E-state index contributed by atoms with van der Waals surface area (Å²) in [5, 5.41) is 0. The molecular weight excluding hydrogens is 328 g/mol. The molecule has 0 aliphatic heterocycles. The van der Waals surface area contributed by atoms with Crippen molar-refractivity contribution in [2.24, 2.45) is 0 Å². The molecule has 21 heavy (non-hydrogen) atoms. The summed E-state index contributed by atoms with van der Waals surface area (Å²) in [7, 11) is 0. The Hall–Kier alpha value is -1.68. The zero-order valence-electron chi connectivity index (χ0n) is 12.5. The molecule has 1 heterocycles. The van der Waals surface area contributed by atoms with Gasteiger partial charge < -0.3 is 4.90 Å². The maximum Gasteiger partial charge on any atom is 0.254 e. The van der Waals surface area contributed by atoms with Gasteiger partial charge in [-0.25, -0.2) is 0 Å². The highest BCUT2D eigenvalue weighted by molar-refractivity contribution is 9.10. The molecule has 0 aliphatic rings. The van der Waals surface area contributed by atoms with Crippen LogP contribution in [0.25, 0.3) is 0 Å². The van der Waals surface area contributed by atoms with Crippen molar-refractivity contribution >= 4 is 21.8 Å². The third-order valence-corrected chi connectivity index (χ3v) is 3.87. The molecule has 0 spiro atoms. The molecule has 0 saturated heterocycles. The summed E-state index contributed by atoms with van der Waals surface area (Å²) in [5.74, 6) is 0.0365. The normalized spacial score (nSPS) is 10.7. The molecule has 0 saturated carbocycles. The molecule has 1 aromatic carbocycles. The quantitative estimate of drug-likeness (QED) is 0.830. The van der Waals surface area contributed by atoms with Gasteiger partial charge in [0.2, 0.25) is 0 Å². The zero-order valence-corrected chi connectivity index (χ0v) is 14.1. The highest BCUT2D eigenvalue weighted by atomic mass is 79.9. The van der Waals surface area contributed by atoms with E-state index in [1.807, 2.05) is 62.1 Å². The van der Waals surface area contributed by atoms with Crippen LogP contribution in [0.15, 0.2) is 47.1 Å². The third kappa shape index (κ3) is 3.91. The molecule has 0 N–H and O–H groups in total. The molecule has 0 radical (unpaired) electrons. The number of aromatic nitrogens is 1. The van der Waals surface area contributed by atoms with Crippen molar-refractivity contribution in [1.29, 1.82) is 0 Å². The average Bonchev–Trinajstić information content (AvgIpc) is 2.47. The summed E-state index contributed by atoms with van der Waals surface area (Å²) in [6.07, 6.45) is 1.75. The summed E-state index contributed by atoms with van der Waals surface area (Å²) < 4.78 is 0.915. The lowest BCUT2D eigenvalue weighted by atomic mass is 10.1. The number of pyridine rings is 1. The predicted octanol–water partition coefficient (Wildman–Crippen LogP) is 4.20. The van der Waals surface area contributed by atoms with Gasteiger partial charge in [0, 0.05) is 22.3 Å². The van der Waals surface area contributed by atoms with Crippen LogP contribution in [0.1, 0.15) is 35.5 Å². The van der Waals surface area contributed by atoms with Gasteiger partial charge in [-0.3, -0.25) is 9.78 Å². The van der Waals surface area contributed by atoms with Gasteiger partial charge in [-0.15, -0.1) is 0 Å². The fourth-order valence-electron chi connectivity index (χ4n) is 2.13. The van der Waals surface area contributed by atoms with Crippen LogP contribution < -0.4 is 0 Å². The Balaban J connectivity index is 2.30. The molecule has 0 atom stereocenters. The third-order valence-electron chi connectivity index (χ3n) is 3.37. The summed E-state index contributed by atoms with van der Waals surface area (Å²) in [6, 6.07) is 11.7. The van der Waals surface area contributed by atoms with Crippen molar-refractivity contribution < 1.29 is 4.79 Å². The van der Waals surface area contributed by atoms with Gasteiger partial charge in [0.05, 0.1) is 12.2 Å². The fourth-order valence-corrected chi connectivity index (χ4v) is 2.50. The Morgan fingerprint density at radius 1 is 1.29 bits per heavy atom. The second-order valence-electron chi connectivity index (χ2n) is 5.31. The van der Waals surface area contributed by atoms with Crippen LogP contribution in [0.4, 0.5) is 0 Å². The molecule has 0 unspecified atom stereocenters. The van der Waals surface area contributed by atoms with E-state index in [0.717, 1.165) is 21.3 Å². The number of amides is 1. The number of nitrogens with zero attached hydrogens (tertiary/aromatic N) is 2. The highest BCUT2D eigenvalue weighted by Crippen LogP contribution is 2.20. The van der Waals surface area contributed by atoms with E-state index in [2.05, 4.69) is 20.9 Å². The van der Waals surface area contributed by atoms with Crippen molar-refractivity contribution in [2.45, 2.75) is 33.4 Å². The van der Waals surface area contributed by atoms with Gasteiger partial charge in [-0.2, -0.15) is 0 Å². The number of rotatable bonds is 4. The summed E-state index contributed by atoms with van der Waals surface area (Å²) in [4.78, 5) is 19.0. The van der Waals surface area contributed by atoms with E-state index in [9.17, 15) is 4.79 Å². The first-order valence-electron chi connectivity index (χ1n) is 6.96. The maximum absolute atomic E-state index is 12.8. The largest absolute Gasteiger partial charge is 0.330 e. The van der Waals surface area contributed by atoms with Gasteiger partial charge >= 0.3 is 0 Å². The van der Waals surface area contributed by atoms with Crippen LogP contribution in [0.2, 0.25) is 0 Å². The SMILES string of the molecule is Cc1ccc(Br)cc1C(=O)N(Cc1ccccn1)C(C)C. The molecule has 0 aliphatic carbocycles. The Bertz CT molecular complexity index is 626. The number of carbonyl (C=O) groups excluding carboxylic acids is 1. The van der Waals surface area contributed by atoms with Crippen LogP contribution in [-0.4, -0.2) is 21.8 Å². The van der Waals surface area contributed by atoms with Crippen LogP contribution in [0.5, 0.6) is 0 Å². The molecule has 1 aromatic heterocycles. The molecule has 1 amide bonds. The van der Waals surface area contributed by atoms with Crippen LogP contribution >= 0.6 is 15.9 Å². The van der Waals surface area contributed by atoms with E-state index < -0.39 is 0 Å². The summed E-state index contributed by atoms with van der Waals surface area (Å²) >= 11 is 3.43. The lowest BCUT2D eigenvalue weighted by Gasteiger charge is -2.27. The molecule has 2 aromatic rings. The molecule has 2 rings (SSSR count). The number of halogens is 1. The van der Waals surface area contributed by atoms with E-state index in [-0.39, 0.29) is 11.9 Å². The number of carbonyl (C=O) groups is 1. The minimum atomic E-state index is 0.0365. The van der Waals surface area contributed by atoms with Crippen LogP contribution in [-0.2, 0) is 6.54 Å². The number of hydrogen-bond donors (Lipinski definition) is 0. The van der Waals surface area contributed by atoms with Gasteiger partial charge in [0.15, 0.2) is 0 Å². The lowest BCUT2D eigenvalue weighted by Crippen LogP contribution is -2.37. The van der Waals surface area contributed by atoms with Crippen molar-refractivity contribution in [3.05, 3.63) is 63.9 Å². The first kappa shape index (κ1) is 15.7. The fraction of sp³-hybridized carbons (Fsp3) is 0.294. The Morgan fingerprint density at radius 2 is 2.05 bits per heavy atom. The Morgan fingerprint density at radius 3 is 2.67 bits per heavy atom. The second kappa shape index (κ2) is 6.85. The van der Waals surface area contributed by atoms with E-state index in [1.54, 1.807) is 6.20 Å². The van der Waals surface area contributed by atoms with Gasteiger partial charge in [0.1, 0.15) is 0 Å². The minimum absolute atomic E-state index is 0.0365. The molecule has 0 fully saturated rings. The number of hydrogen-bond acceptors (Lipinski definition) is 2. The minimum Gasteiger partial charge on any atom is -0.330 e. The second-order valence-corrected chi connectivity index (χ2v) is 6.22. The predicted molar refractivity (Wildman–Crippen MR) is 88.1 cm³/mol. The zero-order chi connectivity index (χ0) is 15.4. The molecule has 0 bridgehead atoms. The van der Waals surface area contributed by atoms with Crippen molar-refractivity contribution in [3.8, 4) is 0 Å². The number of benzene rings is 1. The van der Waals surface area contributed by atoms with Crippen molar-refractivity contribution in [1.82, 2.24) is 9.88 Å². The Kier molecular flexibility index (Phi) is 5.12. The van der Waals surface area contributed by atoms with E-state index in [0.29, 0.717) is 6.54 Å². The van der Waals surface area contributed by atoms with Gasteiger partial charge in [0.25, 0.3) is 5.91 Å². The van der Waals surface area contributed by atoms with Crippen LogP contribution in [0, 0.1) is 6.92 Å². The van der Waals surface area contributed by atoms with E-state index in [4.69, 9.17) is 0 Å². The highest BCUT2D eigenvalue weighted by Gasteiger charge is 2.21. The van der Waals surface area contributed by atoms with Crippen molar-refractivity contribution in [3.63, 3.8) is 0 Å².